The Hall–Kier alpha value is -2.79. The highest BCUT2D eigenvalue weighted by Crippen LogP contribution is 2.29. The number of alkyl halides is 3. The number of rotatable bonds is 9. The molecule has 168 valence electrons. The monoisotopic (exact) mass is 480 g/mol. The van der Waals surface area contributed by atoms with Crippen molar-refractivity contribution < 1.29 is 22.8 Å². The van der Waals surface area contributed by atoms with Gasteiger partial charge in [0, 0.05) is 18.3 Å². The molecule has 0 aliphatic carbocycles. The topological polar surface area (TPSA) is 76.9 Å². The van der Waals surface area contributed by atoms with E-state index in [-0.39, 0.29) is 28.8 Å². The van der Waals surface area contributed by atoms with Crippen molar-refractivity contribution >= 4 is 40.9 Å². The molecule has 32 heavy (non-hydrogen) atoms. The number of nitrogens with zero attached hydrogens (tertiary/aromatic N) is 3. The van der Waals surface area contributed by atoms with Crippen LogP contribution in [0.2, 0.25) is 0 Å². The van der Waals surface area contributed by atoms with Crippen LogP contribution in [0.5, 0.6) is 0 Å². The van der Waals surface area contributed by atoms with Gasteiger partial charge in [-0.1, -0.05) is 42.1 Å². The predicted octanol–water partition coefficient (Wildman–Crippen LogP) is 4.68. The highest BCUT2D eigenvalue weighted by molar-refractivity contribution is 8.00. The molecule has 0 atom stereocenters. The number of hydrogen-bond donors (Lipinski definition) is 1. The SMILES string of the molecule is Cn1c(CSCC(=O)Nc2ccccc2)nnc1SCC(=O)c1ccc(C(F)(F)F)cc1. The molecule has 1 aromatic heterocycles. The van der Waals surface area contributed by atoms with Gasteiger partial charge in [-0.15, -0.1) is 22.0 Å². The second kappa shape index (κ2) is 10.7. The van der Waals surface area contributed by atoms with E-state index in [0.29, 0.717) is 16.7 Å². The minimum atomic E-state index is -4.44. The van der Waals surface area contributed by atoms with E-state index in [1.807, 2.05) is 18.2 Å². The second-order valence-corrected chi connectivity index (χ2v) is 8.58. The second-order valence-electron chi connectivity index (χ2n) is 6.65. The first kappa shape index (κ1) is 23.9. The Morgan fingerprint density at radius 1 is 1.00 bits per heavy atom. The van der Waals surface area contributed by atoms with E-state index in [2.05, 4.69) is 15.5 Å². The first-order valence-corrected chi connectivity index (χ1v) is 11.5. The first-order valence-electron chi connectivity index (χ1n) is 9.38. The number of amides is 1. The number of para-hydroxylation sites is 1. The summed E-state index contributed by atoms with van der Waals surface area (Å²) in [5.41, 5.74) is 0.135. The highest BCUT2D eigenvalue weighted by Gasteiger charge is 2.30. The maximum absolute atomic E-state index is 12.6. The molecule has 0 saturated heterocycles. The number of nitrogens with one attached hydrogen (secondary N) is 1. The van der Waals surface area contributed by atoms with Crippen LogP contribution in [0.1, 0.15) is 21.7 Å². The van der Waals surface area contributed by atoms with Crippen LogP contribution >= 0.6 is 23.5 Å². The van der Waals surface area contributed by atoms with Gasteiger partial charge in [0.15, 0.2) is 10.9 Å². The molecule has 1 amide bonds. The van der Waals surface area contributed by atoms with Crippen molar-refractivity contribution in [2.75, 3.05) is 16.8 Å². The van der Waals surface area contributed by atoms with Crippen LogP contribution < -0.4 is 5.32 Å². The van der Waals surface area contributed by atoms with Crippen LogP contribution in [0.15, 0.2) is 59.8 Å². The standard InChI is InChI=1S/C21H19F3N4O2S2/c1-28-18(12-31-13-19(30)25-16-5-3-2-4-6-16)26-27-20(28)32-11-17(29)14-7-9-15(10-8-14)21(22,23)24/h2-10H,11-13H2,1H3,(H,25,30). The van der Waals surface area contributed by atoms with E-state index in [0.717, 1.165) is 29.6 Å². The molecule has 0 radical (unpaired) electrons. The van der Waals surface area contributed by atoms with Crippen molar-refractivity contribution in [1.29, 1.82) is 0 Å². The molecule has 3 rings (SSSR count). The van der Waals surface area contributed by atoms with Gasteiger partial charge >= 0.3 is 6.18 Å². The van der Waals surface area contributed by atoms with Crippen molar-refractivity contribution in [3.63, 3.8) is 0 Å². The Morgan fingerprint density at radius 2 is 1.69 bits per heavy atom. The molecule has 0 spiro atoms. The van der Waals surface area contributed by atoms with Crippen molar-refractivity contribution in [2.45, 2.75) is 17.1 Å². The Labute approximate surface area is 191 Å². The predicted molar refractivity (Wildman–Crippen MR) is 119 cm³/mol. The maximum Gasteiger partial charge on any atom is 0.416 e. The van der Waals surface area contributed by atoms with Crippen LogP contribution in [-0.4, -0.2) is 38.0 Å². The number of carbonyl (C=O) groups is 2. The average Bonchev–Trinajstić information content (AvgIpc) is 3.11. The van der Waals surface area contributed by atoms with Gasteiger partial charge in [0.25, 0.3) is 0 Å². The third-order valence-electron chi connectivity index (χ3n) is 4.31. The van der Waals surface area contributed by atoms with E-state index in [1.165, 1.54) is 23.9 Å². The summed E-state index contributed by atoms with van der Waals surface area (Å²) >= 11 is 2.53. The van der Waals surface area contributed by atoms with Gasteiger partial charge in [-0.25, -0.2) is 0 Å². The van der Waals surface area contributed by atoms with Gasteiger partial charge in [0.2, 0.25) is 5.91 Å². The normalized spacial score (nSPS) is 11.4. The molecule has 0 bridgehead atoms. The Morgan fingerprint density at radius 3 is 2.34 bits per heavy atom. The van der Waals surface area contributed by atoms with Crippen molar-refractivity contribution in [2.24, 2.45) is 7.05 Å². The number of aromatic nitrogens is 3. The number of carbonyl (C=O) groups excluding carboxylic acids is 2. The average molecular weight is 481 g/mol. The fourth-order valence-electron chi connectivity index (χ4n) is 2.61. The lowest BCUT2D eigenvalue weighted by atomic mass is 10.1. The summed E-state index contributed by atoms with van der Waals surface area (Å²) in [6.07, 6.45) is -4.44. The number of Topliss-reactive ketones (excluding diaryl/α,β-unsaturated/α-hetero) is 1. The van der Waals surface area contributed by atoms with Gasteiger partial charge in [-0.2, -0.15) is 13.2 Å². The quantitative estimate of drug-likeness (QED) is 0.354. The van der Waals surface area contributed by atoms with Crippen molar-refractivity contribution in [1.82, 2.24) is 14.8 Å². The molecule has 0 unspecified atom stereocenters. The third-order valence-corrected chi connectivity index (χ3v) is 6.26. The molecule has 1 heterocycles. The van der Waals surface area contributed by atoms with Crippen molar-refractivity contribution in [3.8, 4) is 0 Å². The third kappa shape index (κ3) is 6.60. The lowest BCUT2D eigenvalue weighted by Gasteiger charge is -2.07. The first-order chi connectivity index (χ1) is 15.2. The lowest BCUT2D eigenvalue weighted by molar-refractivity contribution is -0.137. The lowest BCUT2D eigenvalue weighted by Crippen LogP contribution is -2.14. The minimum absolute atomic E-state index is 0.0178. The minimum Gasteiger partial charge on any atom is -0.325 e. The van der Waals surface area contributed by atoms with Gasteiger partial charge in [0.1, 0.15) is 5.82 Å². The van der Waals surface area contributed by atoms with Gasteiger partial charge < -0.3 is 9.88 Å². The highest BCUT2D eigenvalue weighted by atomic mass is 32.2. The molecule has 3 aromatic rings. The Bertz CT molecular complexity index is 1070. The molecular formula is C21H19F3N4O2S2. The molecule has 0 aliphatic heterocycles. The Kier molecular flexibility index (Phi) is 7.97. The zero-order chi connectivity index (χ0) is 23.1. The summed E-state index contributed by atoms with van der Waals surface area (Å²) in [4.78, 5) is 24.3. The van der Waals surface area contributed by atoms with Gasteiger partial charge in [-0.3, -0.25) is 9.59 Å². The molecule has 0 fully saturated rings. The summed E-state index contributed by atoms with van der Waals surface area (Å²) in [5, 5.41) is 11.5. The summed E-state index contributed by atoms with van der Waals surface area (Å²) in [7, 11) is 1.75. The van der Waals surface area contributed by atoms with Gasteiger partial charge in [0.05, 0.1) is 22.8 Å². The molecule has 0 aliphatic rings. The van der Waals surface area contributed by atoms with E-state index in [4.69, 9.17) is 0 Å². The number of anilines is 1. The van der Waals surface area contributed by atoms with Crippen LogP contribution in [-0.2, 0) is 23.8 Å². The number of ketones is 1. The zero-order valence-corrected chi connectivity index (χ0v) is 18.6. The summed E-state index contributed by atoms with van der Waals surface area (Å²) < 4.78 is 39.6. The van der Waals surface area contributed by atoms with E-state index >= 15 is 0 Å². The van der Waals surface area contributed by atoms with Crippen LogP contribution in [0.25, 0.3) is 0 Å². The zero-order valence-electron chi connectivity index (χ0n) is 16.9. The maximum atomic E-state index is 12.6. The molecule has 0 saturated carbocycles. The van der Waals surface area contributed by atoms with E-state index in [1.54, 1.807) is 23.7 Å². The van der Waals surface area contributed by atoms with Crippen LogP contribution in [0, 0.1) is 0 Å². The van der Waals surface area contributed by atoms with E-state index in [9.17, 15) is 22.8 Å². The molecule has 1 N–H and O–H groups in total. The molecule has 11 heteroatoms. The fourth-order valence-corrected chi connectivity index (χ4v) is 4.23. The summed E-state index contributed by atoms with van der Waals surface area (Å²) in [5.74, 6) is 0.937. The summed E-state index contributed by atoms with van der Waals surface area (Å²) in [6.45, 7) is 0. The number of thioether (sulfide) groups is 2. The molecule has 6 nitrogen and oxygen atoms in total. The largest absolute Gasteiger partial charge is 0.416 e. The number of halogens is 3. The van der Waals surface area contributed by atoms with Crippen LogP contribution in [0.4, 0.5) is 18.9 Å². The fraction of sp³-hybridized carbons (Fsp3) is 0.238. The Balaban J connectivity index is 1.47. The summed E-state index contributed by atoms with van der Waals surface area (Å²) in [6, 6.07) is 13.3. The van der Waals surface area contributed by atoms with Crippen LogP contribution in [0.3, 0.4) is 0 Å². The molecule has 2 aromatic carbocycles. The smallest absolute Gasteiger partial charge is 0.325 e. The van der Waals surface area contributed by atoms with E-state index < -0.39 is 11.7 Å². The number of hydrogen-bond acceptors (Lipinski definition) is 6. The molecular weight excluding hydrogens is 461 g/mol. The number of benzene rings is 2. The van der Waals surface area contributed by atoms with Gasteiger partial charge in [-0.05, 0) is 24.3 Å². The van der Waals surface area contributed by atoms with Crippen molar-refractivity contribution in [3.05, 3.63) is 71.5 Å².